The minimum Gasteiger partial charge on any atom is -0.354 e. The van der Waals surface area contributed by atoms with E-state index >= 15 is 0 Å². The van der Waals surface area contributed by atoms with Crippen LogP contribution in [-0.2, 0) is 0 Å². The lowest BCUT2D eigenvalue weighted by molar-refractivity contribution is 1.35. The number of hydrogen-bond donors (Lipinski definition) is 2. The second-order valence-corrected chi connectivity index (χ2v) is 6.08. The molecule has 1 heterocycles. The van der Waals surface area contributed by atoms with Crippen LogP contribution < -0.4 is 5.43 Å². The van der Waals surface area contributed by atoms with E-state index in [1.54, 1.807) is 0 Å². The number of fused-ring (bicyclic) bond motifs is 1. The summed E-state index contributed by atoms with van der Waals surface area (Å²) in [5.74, 6) is 0. The molecule has 0 saturated heterocycles. The number of nitrogens with zero attached hydrogens (tertiary/aromatic N) is 1. The van der Waals surface area contributed by atoms with Gasteiger partial charge in [0.05, 0.1) is 22.6 Å². The molecule has 4 aromatic rings. The number of aromatic nitrogens is 1. The molecule has 3 nitrogen and oxygen atoms in total. The lowest BCUT2D eigenvalue weighted by Gasteiger charge is -2.03. The molecule has 25 heavy (non-hydrogen) atoms. The lowest BCUT2D eigenvalue weighted by atomic mass is 10.1. The molecule has 0 saturated carbocycles. The molecule has 0 bridgehead atoms. The minimum absolute atomic E-state index is 0.641. The third-order valence-corrected chi connectivity index (χ3v) is 4.39. The summed E-state index contributed by atoms with van der Waals surface area (Å²) >= 11 is 6.16. The maximum Gasteiger partial charge on any atom is 0.0748 e. The van der Waals surface area contributed by atoms with Crippen molar-refractivity contribution in [3.63, 3.8) is 0 Å². The lowest BCUT2D eigenvalue weighted by Crippen LogP contribution is -1.92. The number of H-pyrrole nitrogens is 1. The van der Waals surface area contributed by atoms with Gasteiger partial charge in [-0.1, -0.05) is 72.3 Å². The summed E-state index contributed by atoms with van der Waals surface area (Å²) in [6.07, 6.45) is 1.84. The highest BCUT2D eigenvalue weighted by Gasteiger charge is 2.11. The van der Waals surface area contributed by atoms with E-state index in [2.05, 4.69) is 39.8 Å². The summed E-state index contributed by atoms with van der Waals surface area (Å²) in [7, 11) is 0. The van der Waals surface area contributed by atoms with Crippen molar-refractivity contribution < 1.29 is 0 Å². The largest absolute Gasteiger partial charge is 0.354 e. The predicted octanol–water partition coefficient (Wildman–Crippen LogP) is 5.93. The zero-order chi connectivity index (χ0) is 17.1. The maximum absolute atomic E-state index is 6.16. The molecule has 4 heteroatoms. The molecule has 0 aliphatic carbocycles. The van der Waals surface area contributed by atoms with Crippen molar-refractivity contribution in [3.8, 4) is 11.3 Å². The Morgan fingerprint density at radius 2 is 1.56 bits per heavy atom. The summed E-state index contributed by atoms with van der Waals surface area (Å²) in [6.45, 7) is 0. The van der Waals surface area contributed by atoms with Crippen LogP contribution in [0, 0.1) is 0 Å². The van der Waals surface area contributed by atoms with Crippen LogP contribution in [-0.4, -0.2) is 11.2 Å². The molecule has 0 radical (unpaired) electrons. The average molecular weight is 346 g/mol. The third kappa shape index (κ3) is 3.14. The number of para-hydroxylation sites is 2. The van der Waals surface area contributed by atoms with Crippen LogP contribution in [0.25, 0.3) is 22.2 Å². The van der Waals surface area contributed by atoms with Gasteiger partial charge in [-0.15, -0.1) is 0 Å². The van der Waals surface area contributed by atoms with E-state index in [4.69, 9.17) is 11.6 Å². The van der Waals surface area contributed by atoms with E-state index < -0.39 is 0 Å². The van der Waals surface area contributed by atoms with E-state index in [1.807, 2.05) is 60.8 Å². The number of hydrazone groups is 1. The van der Waals surface area contributed by atoms with Gasteiger partial charge in [0.15, 0.2) is 0 Å². The minimum atomic E-state index is 0.641. The van der Waals surface area contributed by atoms with E-state index in [0.29, 0.717) is 5.02 Å². The molecule has 0 aliphatic rings. The number of halogens is 1. The Kier molecular flexibility index (Phi) is 4.23. The molecule has 0 atom stereocenters. The van der Waals surface area contributed by atoms with Crippen molar-refractivity contribution in [2.24, 2.45) is 5.10 Å². The Bertz CT molecular complexity index is 1040. The van der Waals surface area contributed by atoms with Crippen molar-refractivity contribution in [2.75, 3.05) is 5.43 Å². The van der Waals surface area contributed by atoms with Crippen LogP contribution in [0.15, 0.2) is 84.0 Å². The molecule has 0 fully saturated rings. The van der Waals surface area contributed by atoms with Gasteiger partial charge in [-0.3, -0.25) is 5.43 Å². The van der Waals surface area contributed by atoms with Gasteiger partial charge in [0.1, 0.15) is 0 Å². The zero-order valence-corrected chi connectivity index (χ0v) is 14.2. The highest BCUT2D eigenvalue weighted by atomic mass is 35.5. The van der Waals surface area contributed by atoms with E-state index in [1.165, 1.54) is 0 Å². The number of hydrogen-bond acceptors (Lipinski definition) is 2. The van der Waals surface area contributed by atoms with Crippen molar-refractivity contribution >= 4 is 34.4 Å². The zero-order valence-electron chi connectivity index (χ0n) is 13.4. The van der Waals surface area contributed by atoms with Crippen molar-refractivity contribution in [1.82, 2.24) is 4.98 Å². The second-order valence-electron chi connectivity index (χ2n) is 5.68. The van der Waals surface area contributed by atoms with E-state index in [9.17, 15) is 0 Å². The molecule has 2 N–H and O–H groups in total. The van der Waals surface area contributed by atoms with Gasteiger partial charge in [0.2, 0.25) is 0 Å². The summed E-state index contributed by atoms with van der Waals surface area (Å²) < 4.78 is 0. The number of anilines is 1. The van der Waals surface area contributed by atoms with Crippen molar-refractivity contribution in [3.05, 3.63) is 89.4 Å². The Labute approximate surface area is 151 Å². The van der Waals surface area contributed by atoms with Crippen LogP contribution >= 0.6 is 11.6 Å². The molecular formula is C21H16ClN3. The monoisotopic (exact) mass is 345 g/mol. The fraction of sp³-hybridized carbons (Fsp3) is 0. The number of aromatic amines is 1. The quantitative estimate of drug-likeness (QED) is 0.349. The topological polar surface area (TPSA) is 40.2 Å². The standard InChI is InChI=1S/C21H16ClN3/c22-18-11-5-7-13-20(18)25-23-14-17-16-10-4-6-12-19(16)24-21(17)15-8-2-1-3-9-15/h1-14,24-25H/b23-14+. The fourth-order valence-corrected chi connectivity index (χ4v) is 3.03. The van der Waals surface area contributed by atoms with Gasteiger partial charge in [0.25, 0.3) is 0 Å². The Hall–Kier alpha value is -3.04. The molecule has 0 aliphatic heterocycles. The summed E-state index contributed by atoms with van der Waals surface area (Å²) in [5.41, 5.74) is 8.09. The molecule has 3 aromatic carbocycles. The van der Waals surface area contributed by atoms with Crippen molar-refractivity contribution in [2.45, 2.75) is 0 Å². The fourth-order valence-electron chi connectivity index (χ4n) is 2.85. The van der Waals surface area contributed by atoms with Gasteiger partial charge in [-0.25, -0.2) is 0 Å². The highest BCUT2D eigenvalue weighted by Crippen LogP contribution is 2.29. The second kappa shape index (κ2) is 6.83. The van der Waals surface area contributed by atoms with Crippen LogP contribution in [0.2, 0.25) is 5.02 Å². The molecule has 0 amide bonds. The molecule has 4 rings (SSSR count). The Morgan fingerprint density at radius 3 is 2.40 bits per heavy atom. The summed E-state index contributed by atoms with van der Waals surface area (Å²) in [4.78, 5) is 3.50. The number of benzene rings is 3. The van der Waals surface area contributed by atoms with Crippen molar-refractivity contribution in [1.29, 1.82) is 0 Å². The summed E-state index contributed by atoms with van der Waals surface area (Å²) in [5, 5.41) is 6.17. The smallest absolute Gasteiger partial charge is 0.0748 e. The van der Waals surface area contributed by atoms with Gasteiger partial charge in [-0.2, -0.15) is 5.10 Å². The normalized spacial score (nSPS) is 11.2. The maximum atomic E-state index is 6.16. The number of nitrogens with one attached hydrogen (secondary N) is 2. The average Bonchev–Trinajstić information content (AvgIpc) is 3.03. The van der Waals surface area contributed by atoms with E-state index in [-0.39, 0.29) is 0 Å². The molecule has 0 unspecified atom stereocenters. The number of rotatable bonds is 4. The van der Waals surface area contributed by atoms with Crippen LogP contribution in [0.5, 0.6) is 0 Å². The third-order valence-electron chi connectivity index (χ3n) is 4.06. The first kappa shape index (κ1) is 15.5. The Morgan fingerprint density at radius 1 is 0.840 bits per heavy atom. The first-order chi connectivity index (χ1) is 12.3. The molecule has 122 valence electrons. The van der Waals surface area contributed by atoms with Gasteiger partial charge >= 0.3 is 0 Å². The molecule has 1 aromatic heterocycles. The first-order valence-corrected chi connectivity index (χ1v) is 8.40. The van der Waals surface area contributed by atoms with Crippen LogP contribution in [0.4, 0.5) is 5.69 Å². The van der Waals surface area contributed by atoms with Gasteiger partial charge in [0, 0.05) is 16.5 Å². The van der Waals surface area contributed by atoms with Crippen LogP contribution in [0.1, 0.15) is 5.56 Å². The Balaban J connectivity index is 1.75. The van der Waals surface area contributed by atoms with Gasteiger partial charge in [-0.05, 0) is 23.8 Å². The highest BCUT2D eigenvalue weighted by molar-refractivity contribution is 6.33. The molecular weight excluding hydrogens is 330 g/mol. The molecule has 0 spiro atoms. The predicted molar refractivity (Wildman–Crippen MR) is 106 cm³/mol. The van der Waals surface area contributed by atoms with Gasteiger partial charge < -0.3 is 4.98 Å². The first-order valence-electron chi connectivity index (χ1n) is 8.02. The van der Waals surface area contributed by atoms with Crippen LogP contribution in [0.3, 0.4) is 0 Å². The van der Waals surface area contributed by atoms with E-state index in [0.717, 1.165) is 33.4 Å². The SMILES string of the molecule is Clc1ccccc1N/N=C/c1c(-c2ccccc2)[nH]c2ccccc12. The summed E-state index contributed by atoms with van der Waals surface area (Å²) in [6, 6.07) is 26.0.